The normalized spacial score (nSPS) is 27.7. The van der Waals surface area contributed by atoms with Gasteiger partial charge < -0.3 is 24.1 Å². The Balaban J connectivity index is 1.27. The molecule has 2 aromatic rings. The van der Waals surface area contributed by atoms with Gasteiger partial charge in [0.05, 0.1) is 38.7 Å². The molecule has 0 aliphatic carbocycles. The number of anilines is 1. The van der Waals surface area contributed by atoms with Crippen LogP contribution in [-0.4, -0.2) is 56.0 Å². The van der Waals surface area contributed by atoms with Crippen LogP contribution in [0.1, 0.15) is 11.3 Å². The van der Waals surface area contributed by atoms with Gasteiger partial charge in [-0.25, -0.2) is 0 Å². The first-order valence-corrected chi connectivity index (χ1v) is 10.6. The first-order valence-electron chi connectivity index (χ1n) is 10.6. The summed E-state index contributed by atoms with van der Waals surface area (Å²) in [6.45, 7) is 2.53. The number of ether oxygens (including phenoxy) is 3. The van der Waals surface area contributed by atoms with Gasteiger partial charge in [-0.1, -0.05) is 23.4 Å². The van der Waals surface area contributed by atoms with Gasteiger partial charge in [-0.15, -0.1) is 0 Å². The van der Waals surface area contributed by atoms with Gasteiger partial charge in [-0.05, 0) is 31.0 Å². The number of methoxy groups -OCH3 is 2. The van der Waals surface area contributed by atoms with E-state index in [0.29, 0.717) is 42.6 Å². The molecule has 9 heteroatoms. The van der Waals surface area contributed by atoms with Crippen molar-refractivity contribution in [1.29, 1.82) is 0 Å². The Morgan fingerprint density at radius 2 is 2.09 bits per heavy atom. The van der Waals surface area contributed by atoms with Gasteiger partial charge in [0.2, 0.25) is 11.8 Å². The molecule has 2 fully saturated rings. The van der Waals surface area contributed by atoms with Crippen LogP contribution in [0.3, 0.4) is 0 Å². The number of carbonyl (C=O) groups excluding carboxylic acids is 2. The van der Waals surface area contributed by atoms with Crippen molar-refractivity contribution in [2.75, 3.05) is 32.2 Å². The van der Waals surface area contributed by atoms with Crippen LogP contribution in [0.25, 0.3) is 0 Å². The van der Waals surface area contributed by atoms with E-state index in [0.717, 1.165) is 5.56 Å². The Kier molecular flexibility index (Phi) is 4.93. The number of fused-ring (bicyclic) bond motifs is 1. The standard InChI is InChI=1S/C23H25N3O6/c1-13-10-18(25-32-13)26-12-23-8-6-16(31-23)19(20(23)22(26)28)21(27)24-9-7-14-4-5-15(29-2)17(11-14)30-3/h4-6,8,10-11,16,19-20H,7,9,12H2,1-3H3,(H,24,27)/t16-,19+,20+,23+/m1/s1. The maximum absolute atomic E-state index is 13.2. The minimum atomic E-state index is -0.792. The van der Waals surface area contributed by atoms with Crippen LogP contribution in [0.2, 0.25) is 0 Å². The lowest BCUT2D eigenvalue weighted by molar-refractivity contribution is -0.131. The van der Waals surface area contributed by atoms with Crippen molar-refractivity contribution in [3.05, 3.63) is 47.7 Å². The monoisotopic (exact) mass is 439 g/mol. The number of hydrogen-bond acceptors (Lipinski definition) is 7. The Morgan fingerprint density at radius 1 is 1.28 bits per heavy atom. The van der Waals surface area contributed by atoms with E-state index in [1.54, 1.807) is 32.1 Å². The van der Waals surface area contributed by atoms with Crippen LogP contribution in [0.5, 0.6) is 11.5 Å². The van der Waals surface area contributed by atoms with E-state index in [-0.39, 0.29) is 11.8 Å². The van der Waals surface area contributed by atoms with Crippen LogP contribution in [0.4, 0.5) is 5.82 Å². The lowest BCUT2D eigenvalue weighted by atomic mass is 9.77. The zero-order chi connectivity index (χ0) is 22.5. The van der Waals surface area contributed by atoms with Crippen LogP contribution in [0.15, 0.2) is 40.9 Å². The fraction of sp³-hybridized carbons (Fsp3) is 0.435. The van der Waals surface area contributed by atoms with E-state index in [2.05, 4.69) is 10.5 Å². The molecule has 1 aromatic carbocycles. The molecule has 1 N–H and O–H groups in total. The Morgan fingerprint density at radius 3 is 2.81 bits per heavy atom. The minimum absolute atomic E-state index is 0.162. The molecule has 3 aliphatic rings. The molecule has 4 atom stereocenters. The number of benzene rings is 1. The summed E-state index contributed by atoms with van der Waals surface area (Å²) in [5.41, 5.74) is 0.216. The quantitative estimate of drug-likeness (QED) is 0.655. The largest absolute Gasteiger partial charge is 0.493 e. The molecule has 2 amide bonds. The summed E-state index contributed by atoms with van der Waals surface area (Å²) >= 11 is 0. The minimum Gasteiger partial charge on any atom is -0.493 e. The molecule has 3 aliphatic heterocycles. The van der Waals surface area contributed by atoms with E-state index in [1.165, 1.54) is 0 Å². The average molecular weight is 439 g/mol. The van der Waals surface area contributed by atoms with Crippen molar-refractivity contribution < 1.29 is 28.3 Å². The second-order valence-electron chi connectivity index (χ2n) is 8.35. The predicted molar refractivity (Wildman–Crippen MR) is 114 cm³/mol. The zero-order valence-electron chi connectivity index (χ0n) is 18.2. The molecule has 0 radical (unpaired) electrons. The first-order chi connectivity index (χ1) is 15.5. The summed E-state index contributed by atoms with van der Waals surface area (Å²) in [4.78, 5) is 27.9. The van der Waals surface area contributed by atoms with E-state index >= 15 is 0 Å². The fourth-order valence-corrected chi connectivity index (χ4v) is 4.96. The first kappa shape index (κ1) is 20.6. The van der Waals surface area contributed by atoms with Crippen LogP contribution in [-0.2, 0) is 20.7 Å². The van der Waals surface area contributed by atoms with Gasteiger partial charge >= 0.3 is 0 Å². The van der Waals surface area contributed by atoms with Gasteiger partial charge in [0.25, 0.3) is 0 Å². The van der Waals surface area contributed by atoms with Crippen LogP contribution in [0, 0.1) is 18.8 Å². The third-order valence-electron chi connectivity index (χ3n) is 6.46. The van der Waals surface area contributed by atoms with Gasteiger partial charge in [0.15, 0.2) is 17.3 Å². The summed E-state index contributed by atoms with van der Waals surface area (Å²) in [6, 6.07) is 7.38. The number of carbonyl (C=O) groups is 2. The lowest BCUT2D eigenvalue weighted by Crippen LogP contribution is -2.44. The molecule has 1 aromatic heterocycles. The van der Waals surface area contributed by atoms with Gasteiger partial charge in [-0.2, -0.15) is 0 Å². The molecule has 9 nitrogen and oxygen atoms in total. The molecule has 4 heterocycles. The molecule has 168 valence electrons. The number of aryl methyl sites for hydroxylation is 1. The highest BCUT2D eigenvalue weighted by Crippen LogP contribution is 2.52. The number of amides is 2. The number of aromatic nitrogens is 1. The fourth-order valence-electron chi connectivity index (χ4n) is 4.96. The Labute approximate surface area is 185 Å². The highest BCUT2D eigenvalue weighted by molar-refractivity contribution is 6.02. The number of rotatable bonds is 7. The Hall–Kier alpha value is -3.33. The van der Waals surface area contributed by atoms with Crippen LogP contribution < -0.4 is 19.7 Å². The maximum Gasteiger partial charge on any atom is 0.235 e. The van der Waals surface area contributed by atoms with E-state index in [4.69, 9.17) is 18.7 Å². The van der Waals surface area contributed by atoms with Crippen molar-refractivity contribution in [2.24, 2.45) is 11.8 Å². The topological polar surface area (TPSA) is 103 Å². The molecule has 0 saturated carbocycles. The zero-order valence-corrected chi connectivity index (χ0v) is 18.2. The number of hydrogen-bond donors (Lipinski definition) is 1. The van der Waals surface area contributed by atoms with Crippen molar-refractivity contribution in [3.63, 3.8) is 0 Å². The van der Waals surface area contributed by atoms with E-state index in [1.807, 2.05) is 30.4 Å². The molecular weight excluding hydrogens is 414 g/mol. The maximum atomic E-state index is 13.2. The van der Waals surface area contributed by atoms with Crippen molar-refractivity contribution in [1.82, 2.24) is 10.5 Å². The molecular formula is C23H25N3O6. The van der Waals surface area contributed by atoms with E-state index in [9.17, 15) is 9.59 Å². The average Bonchev–Trinajstić information content (AvgIpc) is 3.54. The summed E-state index contributed by atoms with van der Waals surface area (Å²) in [6.07, 6.45) is 4.03. The summed E-state index contributed by atoms with van der Waals surface area (Å²) in [5, 5.41) is 6.95. The molecule has 32 heavy (non-hydrogen) atoms. The summed E-state index contributed by atoms with van der Waals surface area (Å²) in [5.74, 6) is 0.875. The predicted octanol–water partition coefficient (Wildman–Crippen LogP) is 1.65. The van der Waals surface area contributed by atoms with Crippen LogP contribution >= 0.6 is 0 Å². The van der Waals surface area contributed by atoms with Gasteiger partial charge in [-0.3, -0.25) is 14.5 Å². The number of nitrogens with one attached hydrogen (secondary N) is 1. The second kappa shape index (κ2) is 7.67. The molecule has 1 spiro atoms. The lowest BCUT2D eigenvalue weighted by Gasteiger charge is -2.23. The number of nitrogens with zero attached hydrogens (tertiary/aromatic N) is 2. The highest BCUT2D eigenvalue weighted by Gasteiger charge is 2.67. The summed E-state index contributed by atoms with van der Waals surface area (Å²) in [7, 11) is 3.18. The Bertz CT molecular complexity index is 1100. The molecule has 0 unspecified atom stereocenters. The molecule has 5 rings (SSSR count). The van der Waals surface area contributed by atoms with Gasteiger partial charge in [0, 0.05) is 12.6 Å². The highest BCUT2D eigenvalue weighted by atomic mass is 16.5. The second-order valence-corrected chi connectivity index (χ2v) is 8.35. The smallest absolute Gasteiger partial charge is 0.235 e. The third kappa shape index (κ3) is 3.15. The van der Waals surface area contributed by atoms with Crippen molar-refractivity contribution in [2.45, 2.75) is 25.0 Å². The van der Waals surface area contributed by atoms with E-state index < -0.39 is 23.5 Å². The third-order valence-corrected chi connectivity index (χ3v) is 6.46. The molecule has 2 saturated heterocycles. The molecule has 2 bridgehead atoms. The SMILES string of the molecule is COc1ccc(CCNC(=O)[C@@H]2[C@H]3C(=O)N(c4cc(C)on4)C[C@@]34C=C[C@H]2O4)cc1OC. The van der Waals surface area contributed by atoms with Crippen molar-refractivity contribution >= 4 is 17.6 Å². The van der Waals surface area contributed by atoms with Crippen molar-refractivity contribution in [3.8, 4) is 11.5 Å². The summed E-state index contributed by atoms with van der Waals surface area (Å²) < 4.78 is 21.9. The van der Waals surface area contributed by atoms with Gasteiger partial charge in [0.1, 0.15) is 11.4 Å².